The molecule has 1 heterocycles. The summed E-state index contributed by atoms with van der Waals surface area (Å²) in [7, 11) is 0. The van der Waals surface area contributed by atoms with Crippen molar-refractivity contribution in [2.75, 3.05) is 13.1 Å². The molecule has 2 amide bonds. The molecule has 34 heavy (non-hydrogen) atoms. The molecule has 2 N–H and O–H groups in total. The average molecular weight is 474 g/mol. The van der Waals surface area contributed by atoms with Gasteiger partial charge in [-0.3, -0.25) is 4.79 Å². The van der Waals surface area contributed by atoms with Crippen molar-refractivity contribution in [1.29, 1.82) is 0 Å². The molecular weight excluding hydrogens is 440 g/mol. The van der Waals surface area contributed by atoms with E-state index in [4.69, 9.17) is 10.5 Å². The number of halogens is 2. The number of nitrogens with zero attached hydrogens (tertiary/aromatic N) is 2. The van der Waals surface area contributed by atoms with Gasteiger partial charge in [0.15, 0.2) is 0 Å². The van der Waals surface area contributed by atoms with Crippen molar-refractivity contribution in [1.82, 2.24) is 9.80 Å². The summed E-state index contributed by atoms with van der Waals surface area (Å²) in [5.74, 6) is -1.51. The van der Waals surface area contributed by atoms with Crippen LogP contribution in [0.2, 0.25) is 0 Å². The number of piperidine rings is 1. The van der Waals surface area contributed by atoms with E-state index in [0.717, 1.165) is 11.6 Å². The van der Waals surface area contributed by atoms with Crippen LogP contribution in [-0.2, 0) is 22.7 Å². The van der Waals surface area contributed by atoms with Gasteiger partial charge in [-0.15, -0.1) is 0 Å². The lowest BCUT2D eigenvalue weighted by atomic mass is 9.86. The van der Waals surface area contributed by atoms with Crippen LogP contribution in [-0.4, -0.2) is 47.0 Å². The Kier molecular flexibility index (Phi) is 8.25. The van der Waals surface area contributed by atoms with Crippen molar-refractivity contribution in [2.45, 2.75) is 58.8 Å². The van der Waals surface area contributed by atoms with E-state index in [1.807, 2.05) is 51.1 Å². The maximum atomic E-state index is 14.4. The first-order valence-electron chi connectivity index (χ1n) is 11.5. The maximum Gasteiger partial charge on any atom is 0.410 e. The molecule has 2 aromatic rings. The van der Waals surface area contributed by atoms with Crippen LogP contribution in [0.25, 0.3) is 0 Å². The zero-order chi connectivity index (χ0) is 24.9. The van der Waals surface area contributed by atoms with Gasteiger partial charge >= 0.3 is 6.09 Å². The number of hydrogen-bond acceptors (Lipinski definition) is 4. The van der Waals surface area contributed by atoms with Gasteiger partial charge in [0.25, 0.3) is 0 Å². The van der Waals surface area contributed by atoms with Crippen molar-refractivity contribution in [3.8, 4) is 0 Å². The van der Waals surface area contributed by atoms with E-state index in [0.29, 0.717) is 25.9 Å². The minimum Gasteiger partial charge on any atom is -0.445 e. The topological polar surface area (TPSA) is 75.9 Å². The molecule has 1 aliphatic heterocycles. The van der Waals surface area contributed by atoms with Crippen LogP contribution >= 0.6 is 0 Å². The Morgan fingerprint density at radius 3 is 2.35 bits per heavy atom. The van der Waals surface area contributed by atoms with Gasteiger partial charge < -0.3 is 20.3 Å². The average Bonchev–Trinajstić information content (AvgIpc) is 2.81. The number of benzene rings is 2. The molecule has 3 rings (SSSR count). The second kappa shape index (κ2) is 11.0. The first kappa shape index (κ1) is 25.6. The highest BCUT2D eigenvalue weighted by molar-refractivity contribution is 5.82. The molecule has 8 heteroatoms. The maximum absolute atomic E-state index is 14.4. The summed E-state index contributed by atoms with van der Waals surface area (Å²) in [4.78, 5) is 29.1. The fourth-order valence-electron chi connectivity index (χ4n) is 3.94. The number of nitrogens with two attached hydrogens (primary N) is 1. The van der Waals surface area contributed by atoms with Crippen molar-refractivity contribution >= 4 is 12.0 Å². The molecule has 1 saturated heterocycles. The smallest absolute Gasteiger partial charge is 0.410 e. The number of likely N-dealkylation sites (tertiary alicyclic amines) is 1. The van der Waals surface area contributed by atoms with E-state index < -0.39 is 23.8 Å². The molecule has 0 radical (unpaired) electrons. The van der Waals surface area contributed by atoms with Gasteiger partial charge in [-0.2, -0.15) is 0 Å². The molecule has 0 spiro atoms. The summed E-state index contributed by atoms with van der Waals surface area (Å²) in [6.45, 7) is 6.65. The lowest BCUT2D eigenvalue weighted by Crippen LogP contribution is -2.54. The molecule has 0 aromatic heterocycles. The first-order chi connectivity index (χ1) is 16.1. The molecule has 0 aliphatic carbocycles. The summed E-state index contributed by atoms with van der Waals surface area (Å²) in [5.41, 5.74) is 6.82. The molecular formula is C26H33F2N3O3. The number of rotatable bonds is 6. The molecule has 0 saturated carbocycles. The number of carbonyl (C=O) groups is 2. The van der Waals surface area contributed by atoms with Gasteiger partial charge in [0.1, 0.15) is 18.2 Å². The highest BCUT2D eigenvalue weighted by Crippen LogP contribution is 2.25. The third-order valence-corrected chi connectivity index (χ3v) is 6.21. The van der Waals surface area contributed by atoms with Crippen LogP contribution in [0.3, 0.4) is 0 Å². The minimum absolute atomic E-state index is 0.0557. The van der Waals surface area contributed by atoms with Gasteiger partial charge in [-0.1, -0.05) is 57.2 Å². The SMILES string of the molecule is CC(C)(C)[C@H](N)C(=O)N1CCC(N(Cc2ccc(F)cc2F)C(=O)OCc2ccccc2)CC1. The second-order valence-corrected chi connectivity index (χ2v) is 9.80. The standard InChI is InChI=1S/C26H33F2N3O3/c1-26(2,3)23(29)24(32)30-13-11-21(12-14-30)31(16-19-9-10-20(27)15-22(19)28)25(33)34-17-18-7-5-4-6-8-18/h4-10,15,21,23H,11-14,16-17,29H2,1-3H3/t23-/m1/s1. The molecule has 184 valence electrons. The van der Waals surface area contributed by atoms with Gasteiger partial charge in [-0.05, 0) is 29.9 Å². The van der Waals surface area contributed by atoms with Crippen LogP contribution in [0, 0.1) is 17.0 Å². The van der Waals surface area contributed by atoms with Crippen LogP contribution < -0.4 is 5.73 Å². The Labute approximate surface area is 199 Å². The van der Waals surface area contributed by atoms with E-state index in [1.54, 1.807) is 4.90 Å². The van der Waals surface area contributed by atoms with E-state index in [2.05, 4.69) is 0 Å². The van der Waals surface area contributed by atoms with Gasteiger partial charge in [-0.25, -0.2) is 13.6 Å². The predicted molar refractivity (Wildman–Crippen MR) is 126 cm³/mol. The number of ether oxygens (including phenoxy) is 1. The fraction of sp³-hybridized carbons (Fsp3) is 0.462. The van der Waals surface area contributed by atoms with Crippen molar-refractivity contribution in [3.05, 3.63) is 71.3 Å². The van der Waals surface area contributed by atoms with Gasteiger partial charge in [0.2, 0.25) is 5.91 Å². The third kappa shape index (κ3) is 6.53. The molecule has 2 aromatic carbocycles. The molecule has 0 unspecified atom stereocenters. The first-order valence-corrected chi connectivity index (χ1v) is 11.5. The zero-order valence-electron chi connectivity index (χ0n) is 20.0. The Bertz CT molecular complexity index is 987. The number of hydrogen-bond donors (Lipinski definition) is 1. The van der Waals surface area contributed by atoms with Crippen LogP contribution in [0.4, 0.5) is 13.6 Å². The fourth-order valence-corrected chi connectivity index (χ4v) is 3.94. The van der Waals surface area contributed by atoms with Crippen LogP contribution in [0.15, 0.2) is 48.5 Å². The largest absolute Gasteiger partial charge is 0.445 e. The Morgan fingerprint density at radius 1 is 1.12 bits per heavy atom. The zero-order valence-corrected chi connectivity index (χ0v) is 20.0. The minimum atomic E-state index is -0.718. The quantitative estimate of drug-likeness (QED) is 0.672. The summed E-state index contributed by atoms with van der Waals surface area (Å²) in [6.07, 6.45) is 0.432. The molecule has 1 atom stereocenters. The van der Waals surface area contributed by atoms with Gasteiger partial charge in [0, 0.05) is 30.8 Å². The van der Waals surface area contributed by atoms with Crippen molar-refractivity contribution in [3.63, 3.8) is 0 Å². The Balaban J connectivity index is 1.71. The predicted octanol–water partition coefficient (Wildman–Crippen LogP) is 4.47. The summed E-state index contributed by atoms with van der Waals surface area (Å²) < 4.78 is 33.3. The van der Waals surface area contributed by atoms with Crippen LogP contribution in [0.1, 0.15) is 44.7 Å². The Hall–Kier alpha value is -3.00. The number of carbonyl (C=O) groups excluding carboxylic acids is 2. The van der Waals surface area contributed by atoms with E-state index in [9.17, 15) is 18.4 Å². The van der Waals surface area contributed by atoms with E-state index >= 15 is 0 Å². The monoisotopic (exact) mass is 473 g/mol. The third-order valence-electron chi connectivity index (χ3n) is 6.21. The summed E-state index contributed by atoms with van der Waals surface area (Å²) in [6, 6.07) is 11.7. The number of amides is 2. The van der Waals surface area contributed by atoms with Crippen molar-refractivity contribution < 1.29 is 23.1 Å². The van der Waals surface area contributed by atoms with Crippen molar-refractivity contribution in [2.24, 2.45) is 11.1 Å². The highest BCUT2D eigenvalue weighted by atomic mass is 19.1. The normalized spacial score (nSPS) is 15.6. The Morgan fingerprint density at radius 2 is 1.76 bits per heavy atom. The molecule has 1 aliphatic rings. The summed E-state index contributed by atoms with van der Waals surface area (Å²) in [5, 5.41) is 0. The van der Waals surface area contributed by atoms with Crippen LogP contribution in [0.5, 0.6) is 0 Å². The van der Waals surface area contributed by atoms with E-state index in [-0.39, 0.29) is 36.1 Å². The lowest BCUT2D eigenvalue weighted by Gasteiger charge is -2.40. The molecule has 1 fully saturated rings. The highest BCUT2D eigenvalue weighted by Gasteiger charge is 2.35. The molecule has 0 bridgehead atoms. The lowest BCUT2D eigenvalue weighted by molar-refractivity contribution is -0.136. The summed E-state index contributed by atoms with van der Waals surface area (Å²) >= 11 is 0. The molecule has 6 nitrogen and oxygen atoms in total. The van der Waals surface area contributed by atoms with Gasteiger partial charge in [0.05, 0.1) is 12.6 Å². The van der Waals surface area contributed by atoms with E-state index in [1.165, 1.54) is 17.0 Å². The second-order valence-electron chi connectivity index (χ2n) is 9.80.